The molecule has 1 aromatic carbocycles. The van der Waals surface area contributed by atoms with Crippen LogP contribution in [0.4, 0.5) is 11.5 Å². The number of hydrogen-bond donors (Lipinski definition) is 1. The van der Waals surface area contributed by atoms with E-state index in [0.29, 0.717) is 0 Å². The van der Waals surface area contributed by atoms with E-state index in [4.69, 9.17) is 5.73 Å². The predicted octanol–water partition coefficient (Wildman–Crippen LogP) is 2.24. The minimum atomic E-state index is 0.821. The second kappa shape index (κ2) is 4.53. The number of aryl methyl sites for hydroxylation is 2. The number of anilines is 2. The average molecular weight is 254 g/mol. The molecule has 0 spiro atoms. The Bertz CT molecular complexity index is 601. The third-order valence-electron chi connectivity index (χ3n) is 3.59. The number of nitrogens with two attached hydrogens (primary N) is 1. The lowest BCUT2D eigenvalue weighted by Crippen LogP contribution is -2.31. The second-order valence-electron chi connectivity index (χ2n) is 5.07. The van der Waals surface area contributed by atoms with Crippen LogP contribution in [-0.4, -0.2) is 16.5 Å². The van der Waals surface area contributed by atoms with E-state index in [1.807, 2.05) is 32.0 Å². The Morgan fingerprint density at radius 1 is 1.21 bits per heavy atom. The monoisotopic (exact) mass is 254 g/mol. The van der Waals surface area contributed by atoms with Crippen LogP contribution in [-0.2, 0) is 13.0 Å². The molecule has 1 aliphatic rings. The summed E-state index contributed by atoms with van der Waals surface area (Å²) in [7, 11) is 0. The van der Waals surface area contributed by atoms with E-state index < -0.39 is 0 Å². The molecule has 4 heteroatoms. The predicted molar refractivity (Wildman–Crippen MR) is 77.1 cm³/mol. The lowest BCUT2D eigenvalue weighted by atomic mass is 9.98. The largest absolute Gasteiger partial charge is 0.398 e. The van der Waals surface area contributed by atoms with Crippen molar-refractivity contribution in [2.45, 2.75) is 26.8 Å². The van der Waals surface area contributed by atoms with Crippen LogP contribution in [0.5, 0.6) is 0 Å². The zero-order valence-electron chi connectivity index (χ0n) is 11.3. The van der Waals surface area contributed by atoms with Gasteiger partial charge in [0.2, 0.25) is 0 Å². The summed E-state index contributed by atoms with van der Waals surface area (Å²) in [5, 5.41) is 0. The average Bonchev–Trinajstić information content (AvgIpc) is 2.38. The maximum absolute atomic E-state index is 6.08. The number of aromatic nitrogens is 2. The van der Waals surface area contributed by atoms with Crippen LogP contribution in [0, 0.1) is 13.8 Å². The molecule has 4 nitrogen and oxygen atoms in total. The van der Waals surface area contributed by atoms with Gasteiger partial charge >= 0.3 is 0 Å². The molecule has 0 amide bonds. The molecule has 3 rings (SSSR count). The van der Waals surface area contributed by atoms with E-state index in [1.165, 1.54) is 11.1 Å². The van der Waals surface area contributed by atoms with Gasteiger partial charge in [-0.1, -0.05) is 12.1 Å². The van der Waals surface area contributed by atoms with Gasteiger partial charge in [-0.05, 0) is 37.5 Å². The summed E-state index contributed by atoms with van der Waals surface area (Å²) in [6.45, 7) is 5.75. The third-order valence-corrected chi connectivity index (χ3v) is 3.59. The van der Waals surface area contributed by atoms with Gasteiger partial charge in [0.25, 0.3) is 0 Å². The summed E-state index contributed by atoms with van der Waals surface area (Å²) in [6.07, 6.45) is 1.02. The lowest BCUT2D eigenvalue weighted by molar-refractivity contribution is 0.717. The van der Waals surface area contributed by atoms with Gasteiger partial charge in [0.05, 0.1) is 0 Å². The summed E-state index contributed by atoms with van der Waals surface area (Å²) >= 11 is 0. The molecular formula is C15H18N4. The van der Waals surface area contributed by atoms with Crippen LogP contribution in [0.3, 0.4) is 0 Å². The highest BCUT2D eigenvalue weighted by Crippen LogP contribution is 2.27. The molecule has 2 aromatic rings. The van der Waals surface area contributed by atoms with Crippen LogP contribution in [0.2, 0.25) is 0 Å². The maximum Gasteiger partial charge on any atom is 0.132 e. The normalized spacial score (nSPS) is 14.3. The highest BCUT2D eigenvalue weighted by molar-refractivity contribution is 5.55. The Balaban J connectivity index is 1.95. The fraction of sp³-hybridized carbons (Fsp3) is 0.333. The van der Waals surface area contributed by atoms with E-state index in [9.17, 15) is 0 Å². The van der Waals surface area contributed by atoms with Crippen LogP contribution >= 0.6 is 0 Å². The standard InChI is InChI=1S/C15H18N4/c1-10-8-15(18-11(2)17-10)19-7-6-12-4-3-5-14(16)13(12)9-19/h3-5,8H,6-7,9,16H2,1-2H3. The molecular weight excluding hydrogens is 236 g/mol. The Labute approximate surface area is 113 Å². The Hall–Kier alpha value is -2.10. The molecule has 1 aliphatic heterocycles. The zero-order chi connectivity index (χ0) is 13.4. The number of hydrogen-bond acceptors (Lipinski definition) is 4. The third kappa shape index (κ3) is 2.26. The van der Waals surface area contributed by atoms with Crippen LogP contribution in [0.25, 0.3) is 0 Å². The molecule has 1 aromatic heterocycles. The van der Waals surface area contributed by atoms with Crippen molar-refractivity contribution in [1.82, 2.24) is 9.97 Å². The minimum Gasteiger partial charge on any atom is -0.398 e. The highest BCUT2D eigenvalue weighted by Gasteiger charge is 2.19. The van der Waals surface area contributed by atoms with Crippen molar-refractivity contribution in [3.8, 4) is 0 Å². The van der Waals surface area contributed by atoms with Crippen LogP contribution in [0.1, 0.15) is 22.6 Å². The van der Waals surface area contributed by atoms with E-state index >= 15 is 0 Å². The van der Waals surface area contributed by atoms with Crippen molar-refractivity contribution in [1.29, 1.82) is 0 Å². The number of rotatable bonds is 1. The van der Waals surface area contributed by atoms with Gasteiger partial charge in [-0.3, -0.25) is 0 Å². The zero-order valence-corrected chi connectivity index (χ0v) is 11.3. The van der Waals surface area contributed by atoms with Crippen molar-refractivity contribution < 1.29 is 0 Å². The summed E-state index contributed by atoms with van der Waals surface area (Å²) in [5.74, 6) is 1.82. The Morgan fingerprint density at radius 3 is 2.84 bits per heavy atom. The van der Waals surface area contributed by atoms with Crippen molar-refractivity contribution in [3.05, 3.63) is 46.9 Å². The molecule has 2 N–H and O–H groups in total. The molecule has 19 heavy (non-hydrogen) atoms. The van der Waals surface area contributed by atoms with Gasteiger partial charge < -0.3 is 10.6 Å². The quantitative estimate of drug-likeness (QED) is 0.793. The second-order valence-corrected chi connectivity index (χ2v) is 5.07. The molecule has 0 unspecified atom stereocenters. The Kier molecular flexibility index (Phi) is 2.85. The van der Waals surface area contributed by atoms with Crippen molar-refractivity contribution in [2.24, 2.45) is 0 Å². The van der Waals surface area contributed by atoms with Gasteiger partial charge in [-0.2, -0.15) is 0 Å². The summed E-state index contributed by atoms with van der Waals surface area (Å²) in [4.78, 5) is 11.1. The van der Waals surface area contributed by atoms with E-state index in [1.54, 1.807) is 0 Å². The molecule has 98 valence electrons. The molecule has 0 radical (unpaired) electrons. The molecule has 0 saturated carbocycles. The van der Waals surface area contributed by atoms with Gasteiger partial charge in [0.1, 0.15) is 11.6 Å². The fourth-order valence-corrected chi connectivity index (χ4v) is 2.66. The van der Waals surface area contributed by atoms with Crippen molar-refractivity contribution in [3.63, 3.8) is 0 Å². The van der Waals surface area contributed by atoms with E-state index in [-0.39, 0.29) is 0 Å². The van der Waals surface area contributed by atoms with Crippen molar-refractivity contribution in [2.75, 3.05) is 17.2 Å². The molecule has 0 atom stereocenters. The van der Waals surface area contributed by atoms with E-state index in [0.717, 1.165) is 42.5 Å². The summed E-state index contributed by atoms with van der Waals surface area (Å²) in [5.41, 5.74) is 10.6. The highest BCUT2D eigenvalue weighted by atomic mass is 15.2. The molecule has 0 saturated heterocycles. The van der Waals surface area contributed by atoms with Crippen LogP contribution < -0.4 is 10.6 Å². The Morgan fingerprint density at radius 2 is 2.05 bits per heavy atom. The fourth-order valence-electron chi connectivity index (χ4n) is 2.66. The first-order chi connectivity index (χ1) is 9.13. The lowest BCUT2D eigenvalue weighted by Gasteiger charge is -2.30. The number of nitrogen functional groups attached to an aromatic ring is 1. The molecule has 0 fully saturated rings. The smallest absolute Gasteiger partial charge is 0.132 e. The number of benzene rings is 1. The van der Waals surface area contributed by atoms with Gasteiger partial charge in [0.15, 0.2) is 0 Å². The molecule has 2 heterocycles. The first kappa shape index (κ1) is 12.0. The topological polar surface area (TPSA) is 55.0 Å². The first-order valence-electron chi connectivity index (χ1n) is 6.57. The van der Waals surface area contributed by atoms with Gasteiger partial charge in [-0.15, -0.1) is 0 Å². The van der Waals surface area contributed by atoms with Crippen molar-refractivity contribution >= 4 is 11.5 Å². The number of fused-ring (bicyclic) bond motifs is 1. The maximum atomic E-state index is 6.08. The SMILES string of the molecule is Cc1cc(N2CCc3cccc(N)c3C2)nc(C)n1. The summed E-state index contributed by atoms with van der Waals surface area (Å²) in [6, 6.07) is 8.21. The van der Waals surface area contributed by atoms with E-state index in [2.05, 4.69) is 20.9 Å². The molecule has 0 aliphatic carbocycles. The first-order valence-corrected chi connectivity index (χ1v) is 6.57. The number of nitrogens with zero attached hydrogens (tertiary/aromatic N) is 3. The molecule has 0 bridgehead atoms. The van der Waals surface area contributed by atoms with Gasteiger partial charge in [-0.25, -0.2) is 9.97 Å². The minimum absolute atomic E-state index is 0.821. The summed E-state index contributed by atoms with van der Waals surface area (Å²) < 4.78 is 0. The van der Waals surface area contributed by atoms with Gasteiger partial charge in [0, 0.05) is 30.5 Å². The van der Waals surface area contributed by atoms with Crippen LogP contribution in [0.15, 0.2) is 24.3 Å².